The van der Waals surface area contributed by atoms with E-state index in [-0.39, 0.29) is 5.41 Å². The summed E-state index contributed by atoms with van der Waals surface area (Å²) in [4.78, 5) is 0. The van der Waals surface area contributed by atoms with Crippen LogP contribution in [-0.2, 0) is 5.41 Å². The number of rotatable bonds is 2. The van der Waals surface area contributed by atoms with Crippen molar-refractivity contribution in [3.63, 3.8) is 0 Å². The molecule has 0 saturated carbocycles. The lowest BCUT2D eigenvalue weighted by atomic mass is 9.81. The summed E-state index contributed by atoms with van der Waals surface area (Å²) in [6.07, 6.45) is -0.580. The number of halogens is 1. The van der Waals surface area contributed by atoms with Crippen molar-refractivity contribution >= 4 is 15.9 Å². The van der Waals surface area contributed by atoms with Crippen LogP contribution in [0.5, 0.6) is 0 Å². The first-order valence-corrected chi connectivity index (χ1v) is 7.22. The van der Waals surface area contributed by atoms with Gasteiger partial charge in [0, 0.05) is 4.47 Å². The summed E-state index contributed by atoms with van der Waals surface area (Å²) >= 11 is 3.42. The van der Waals surface area contributed by atoms with Crippen LogP contribution in [0.3, 0.4) is 0 Å². The maximum Gasteiger partial charge on any atom is 0.104 e. The second-order valence-electron chi connectivity index (χ2n) is 5.79. The molecule has 0 aromatic heterocycles. The summed E-state index contributed by atoms with van der Waals surface area (Å²) in [6.45, 7) is 6.50. The van der Waals surface area contributed by atoms with E-state index in [1.807, 2.05) is 42.5 Å². The molecule has 2 aromatic rings. The summed E-state index contributed by atoms with van der Waals surface area (Å²) in [5.41, 5.74) is 3.11. The van der Waals surface area contributed by atoms with Crippen molar-refractivity contribution in [3.8, 4) is 0 Å². The third-order valence-electron chi connectivity index (χ3n) is 3.25. The quantitative estimate of drug-likeness (QED) is 0.841. The Morgan fingerprint density at radius 3 is 2.11 bits per heavy atom. The van der Waals surface area contributed by atoms with Gasteiger partial charge in [0.15, 0.2) is 0 Å². The van der Waals surface area contributed by atoms with Crippen LogP contribution >= 0.6 is 15.9 Å². The summed E-state index contributed by atoms with van der Waals surface area (Å²) in [5, 5.41) is 10.6. The lowest BCUT2D eigenvalue weighted by Gasteiger charge is -2.25. The number of aliphatic hydroxyl groups is 1. The van der Waals surface area contributed by atoms with Gasteiger partial charge < -0.3 is 5.11 Å². The molecule has 100 valence electrons. The Morgan fingerprint density at radius 2 is 1.53 bits per heavy atom. The van der Waals surface area contributed by atoms with Gasteiger partial charge in [0.1, 0.15) is 6.10 Å². The van der Waals surface area contributed by atoms with Crippen molar-refractivity contribution < 1.29 is 5.11 Å². The summed E-state index contributed by atoms with van der Waals surface area (Å²) in [6, 6.07) is 15.9. The van der Waals surface area contributed by atoms with E-state index in [1.54, 1.807) is 0 Å². The fourth-order valence-electron chi connectivity index (χ4n) is 2.24. The maximum absolute atomic E-state index is 10.6. The highest BCUT2D eigenvalue weighted by molar-refractivity contribution is 9.10. The molecule has 2 aromatic carbocycles. The Kier molecular flexibility index (Phi) is 4.12. The van der Waals surface area contributed by atoms with E-state index in [9.17, 15) is 5.11 Å². The van der Waals surface area contributed by atoms with Crippen LogP contribution in [0.4, 0.5) is 0 Å². The van der Waals surface area contributed by atoms with E-state index >= 15 is 0 Å². The molecular formula is C17H19BrO. The molecule has 0 aliphatic carbocycles. The molecule has 1 N–H and O–H groups in total. The van der Waals surface area contributed by atoms with E-state index < -0.39 is 6.10 Å². The van der Waals surface area contributed by atoms with Crippen LogP contribution in [-0.4, -0.2) is 5.11 Å². The molecule has 0 spiro atoms. The average molecular weight is 319 g/mol. The van der Waals surface area contributed by atoms with Gasteiger partial charge >= 0.3 is 0 Å². The number of hydrogen-bond acceptors (Lipinski definition) is 1. The van der Waals surface area contributed by atoms with E-state index in [0.717, 1.165) is 15.6 Å². The Bertz CT molecular complexity index is 552. The van der Waals surface area contributed by atoms with Gasteiger partial charge in [-0.25, -0.2) is 0 Å². The molecule has 0 amide bonds. The van der Waals surface area contributed by atoms with Crippen molar-refractivity contribution in [3.05, 3.63) is 69.7 Å². The van der Waals surface area contributed by atoms with Gasteiger partial charge in [-0.2, -0.15) is 0 Å². The van der Waals surface area contributed by atoms with Crippen molar-refractivity contribution in [1.82, 2.24) is 0 Å². The molecule has 0 fully saturated rings. The van der Waals surface area contributed by atoms with E-state index in [4.69, 9.17) is 0 Å². The first-order chi connectivity index (χ1) is 8.89. The van der Waals surface area contributed by atoms with Crippen LogP contribution in [0.25, 0.3) is 0 Å². The number of benzene rings is 2. The molecule has 0 aliphatic heterocycles. The third-order valence-corrected chi connectivity index (χ3v) is 3.78. The van der Waals surface area contributed by atoms with Crippen LogP contribution in [0.15, 0.2) is 53.0 Å². The smallest absolute Gasteiger partial charge is 0.104 e. The molecule has 2 heteroatoms. The minimum atomic E-state index is -0.580. The predicted molar refractivity (Wildman–Crippen MR) is 83.3 cm³/mol. The maximum atomic E-state index is 10.6. The molecule has 0 radical (unpaired) electrons. The van der Waals surface area contributed by atoms with Crippen molar-refractivity contribution in [2.24, 2.45) is 0 Å². The van der Waals surface area contributed by atoms with Gasteiger partial charge in [-0.15, -0.1) is 0 Å². The molecule has 0 heterocycles. The minimum Gasteiger partial charge on any atom is -0.384 e. The zero-order valence-electron chi connectivity index (χ0n) is 11.5. The number of aliphatic hydroxyl groups excluding tert-OH is 1. The lowest BCUT2D eigenvalue weighted by Crippen LogP contribution is -2.16. The largest absolute Gasteiger partial charge is 0.384 e. The van der Waals surface area contributed by atoms with Gasteiger partial charge in [0.25, 0.3) is 0 Å². The highest BCUT2D eigenvalue weighted by Crippen LogP contribution is 2.32. The van der Waals surface area contributed by atoms with Crippen LogP contribution < -0.4 is 0 Å². The number of hydrogen-bond donors (Lipinski definition) is 1. The Balaban J connectivity index is 2.44. The summed E-state index contributed by atoms with van der Waals surface area (Å²) in [7, 11) is 0. The molecule has 0 bridgehead atoms. The average Bonchev–Trinajstić information content (AvgIpc) is 2.38. The Morgan fingerprint density at radius 1 is 0.947 bits per heavy atom. The van der Waals surface area contributed by atoms with E-state index in [2.05, 4.69) is 42.8 Å². The van der Waals surface area contributed by atoms with Crippen LogP contribution in [0, 0.1) is 0 Å². The monoisotopic (exact) mass is 318 g/mol. The molecular weight excluding hydrogens is 300 g/mol. The van der Waals surface area contributed by atoms with Gasteiger partial charge in [-0.05, 0) is 34.2 Å². The zero-order valence-corrected chi connectivity index (χ0v) is 13.1. The highest BCUT2D eigenvalue weighted by Gasteiger charge is 2.22. The fourth-order valence-corrected chi connectivity index (χ4v) is 2.51. The third kappa shape index (κ3) is 3.26. The topological polar surface area (TPSA) is 20.2 Å². The Labute approximate surface area is 123 Å². The molecule has 2 rings (SSSR count). The molecule has 1 unspecified atom stereocenters. The fraction of sp³-hybridized carbons (Fsp3) is 0.294. The second kappa shape index (κ2) is 5.48. The lowest BCUT2D eigenvalue weighted by molar-refractivity contribution is 0.217. The molecule has 19 heavy (non-hydrogen) atoms. The van der Waals surface area contributed by atoms with Crippen LogP contribution in [0.1, 0.15) is 43.6 Å². The zero-order chi connectivity index (χ0) is 14.0. The molecule has 0 saturated heterocycles. The molecule has 1 nitrogen and oxygen atoms in total. The SMILES string of the molecule is CC(C)(C)c1ccccc1C(O)c1ccc(Br)cc1. The second-order valence-corrected chi connectivity index (χ2v) is 6.71. The summed E-state index contributed by atoms with van der Waals surface area (Å²) < 4.78 is 1.02. The minimum absolute atomic E-state index is 0.0208. The Hall–Kier alpha value is -1.12. The van der Waals surface area contributed by atoms with Gasteiger partial charge in [0.05, 0.1) is 0 Å². The van der Waals surface area contributed by atoms with Crippen molar-refractivity contribution in [1.29, 1.82) is 0 Å². The predicted octanol–water partition coefficient (Wildman–Crippen LogP) is 4.83. The normalized spacial score (nSPS) is 13.3. The molecule has 0 aliphatic rings. The van der Waals surface area contributed by atoms with Crippen LogP contribution in [0.2, 0.25) is 0 Å². The van der Waals surface area contributed by atoms with E-state index in [0.29, 0.717) is 0 Å². The van der Waals surface area contributed by atoms with Gasteiger partial charge in [-0.1, -0.05) is 73.1 Å². The first-order valence-electron chi connectivity index (χ1n) is 6.42. The van der Waals surface area contributed by atoms with Crippen molar-refractivity contribution in [2.45, 2.75) is 32.3 Å². The van der Waals surface area contributed by atoms with Gasteiger partial charge in [0.2, 0.25) is 0 Å². The van der Waals surface area contributed by atoms with Gasteiger partial charge in [-0.3, -0.25) is 0 Å². The highest BCUT2D eigenvalue weighted by atomic mass is 79.9. The van der Waals surface area contributed by atoms with Crippen molar-refractivity contribution in [2.75, 3.05) is 0 Å². The molecule has 1 atom stereocenters. The van der Waals surface area contributed by atoms with E-state index in [1.165, 1.54) is 5.56 Å². The standard InChI is InChI=1S/C17H19BrO/c1-17(2,3)15-7-5-4-6-14(15)16(19)12-8-10-13(18)11-9-12/h4-11,16,19H,1-3H3. The first kappa shape index (κ1) is 14.3. The summed E-state index contributed by atoms with van der Waals surface area (Å²) in [5.74, 6) is 0.